The first-order valence-corrected chi connectivity index (χ1v) is 6.16. The van der Waals surface area contributed by atoms with Gasteiger partial charge in [0.05, 0.1) is 19.3 Å². The van der Waals surface area contributed by atoms with Gasteiger partial charge in [-0.1, -0.05) is 6.07 Å². The highest BCUT2D eigenvalue weighted by molar-refractivity contribution is 5.50. The van der Waals surface area contributed by atoms with Crippen LogP contribution in [0.5, 0.6) is 0 Å². The van der Waals surface area contributed by atoms with Crippen molar-refractivity contribution in [2.75, 3.05) is 25.1 Å². The molecule has 1 heterocycles. The highest BCUT2D eigenvalue weighted by atomic mass is 16.5. The highest BCUT2D eigenvalue weighted by Gasteiger charge is 2.38. The molecular formula is C14H16N2O. The smallest absolute Gasteiger partial charge is 0.121 e. The van der Waals surface area contributed by atoms with Gasteiger partial charge in [-0.2, -0.15) is 5.26 Å². The molecule has 1 aromatic carbocycles. The SMILES string of the molecule is N#CC1(CNc2ccc3c(c2)CCC3)COC1. The van der Waals surface area contributed by atoms with E-state index in [9.17, 15) is 0 Å². The number of rotatable bonds is 3. The van der Waals surface area contributed by atoms with Gasteiger partial charge in [0.15, 0.2) is 0 Å². The van der Waals surface area contributed by atoms with Crippen LogP contribution in [0.15, 0.2) is 18.2 Å². The molecule has 0 radical (unpaired) electrons. The summed E-state index contributed by atoms with van der Waals surface area (Å²) >= 11 is 0. The number of ether oxygens (including phenoxy) is 1. The summed E-state index contributed by atoms with van der Waals surface area (Å²) in [6, 6.07) is 8.91. The Morgan fingerprint density at radius 2 is 2.12 bits per heavy atom. The van der Waals surface area contributed by atoms with Crippen LogP contribution in [0, 0.1) is 16.7 Å². The van der Waals surface area contributed by atoms with Gasteiger partial charge in [-0.25, -0.2) is 0 Å². The van der Waals surface area contributed by atoms with Crippen LogP contribution in [0.3, 0.4) is 0 Å². The average Bonchev–Trinajstić information content (AvgIpc) is 2.75. The molecule has 2 aliphatic rings. The van der Waals surface area contributed by atoms with Gasteiger partial charge in [-0.15, -0.1) is 0 Å². The van der Waals surface area contributed by atoms with Gasteiger partial charge in [0.2, 0.25) is 0 Å². The lowest BCUT2D eigenvalue weighted by Crippen LogP contribution is -2.46. The maximum absolute atomic E-state index is 9.10. The molecule has 1 saturated heterocycles. The van der Waals surface area contributed by atoms with Gasteiger partial charge in [0, 0.05) is 12.2 Å². The second-order valence-electron chi connectivity index (χ2n) is 5.08. The van der Waals surface area contributed by atoms with Crippen molar-refractivity contribution in [3.8, 4) is 6.07 Å². The molecule has 1 N–H and O–H groups in total. The van der Waals surface area contributed by atoms with Crippen molar-refractivity contribution in [1.29, 1.82) is 5.26 Å². The van der Waals surface area contributed by atoms with Crippen LogP contribution in [-0.4, -0.2) is 19.8 Å². The summed E-state index contributed by atoms with van der Waals surface area (Å²) in [7, 11) is 0. The van der Waals surface area contributed by atoms with E-state index in [1.165, 1.54) is 30.4 Å². The summed E-state index contributed by atoms with van der Waals surface area (Å²) in [4.78, 5) is 0. The number of anilines is 1. The molecule has 1 aromatic rings. The Labute approximate surface area is 101 Å². The van der Waals surface area contributed by atoms with Crippen LogP contribution in [0.1, 0.15) is 17.5 Å². The summed E-state index contributed by atoms with van der Waals surface area (Å²) in [6.45, 7) is 1.80. The van der Waals surface area contributed by atoms with Crippen LogP contribution in [0.25, 0.3) is 0 Å². The lowest BCUT2D eigenvalue weighted by molar-refractivity contribution is -0.0690. The molecule has 3 rings (SSSR count). The largest absolute Gasteiger partial charge is 0.383 e. The minimum atomic E-state index is -0.307. The van der Waals surface area contributed by atoms with E-state index < -0.39 is 0 Å². The summed E-state index contributed by atoms with van der Waals surface area (Å²) in [5, 5.41) is 12.5. The van der Waals surface area contributed by atoms with Gasteiger partial charge in [0.25, 0.3) is 0 Å². The second-order valence-corrected chi connectivity index (χ2v) is 5.08. The lowest BCUT2D eigenvalue weighted by Gasteiger charge is -2.35. The van der Waals surface area contributed by atoms with Crippen LogP contribution < -0.4 is 5.32 Å². The summed E-state index contributed by atoms with van der Waals surface area (Å²) < 4.78 is 5.13. The van der Waals surface area contributed by atoms with Gasteiger partial charge in [0.1, 0.15) is 5.41 Å². The third-order valence-electron chi connectivity index (χ3n) is 3.72. The zero-order valence-electron chi connectivity index (χ0n) is 9.83. The molecule has 17 heavy (non-hydrogen) atoms. The molecule has 1 aliphatic heterocycles. The molecule has 1 aliphatic carbocycles. The van der Waals surface area contributed by atoms with Crippen molar-refractivity contribution < 1.29 is 4.74 Å². The second kappa shape index (κ2) is 4.05. The maximum atomic E-state index is 9.10. The van der Waals surface area contributed by atoms with Crippen molar-refractivity contribution in [1.82, 2.24) is 0 Å². The first-order valence-electron chi connectivity index (χ1n) is 6.16. The highest BCUT2D eigenvalue weighted by Crippen LogP contribution is 2.28. The zero-order valence-corrected chi connectivity index (χ0v) is 9.83. The molecule has 0 spiro atoms. The topological polar surface area (TPSA) is 45.0 Å². The van der Waals surface area contributed by atoms with Crippen LogP contribution in [0.2, 0.25) is 0 Å². The van der Waals surface area contributed by atoms with Crippen molar-refractivity contribution in [3.05, 3.63) is 29.3 Å². The average molecular weight is 228 g/mol. The number of fused-ring (bicyclic) bond motifs is 1. The predicted molar refractivity (Wildman–Crippen MR) is 65.8 cm³/mol. The predicted octanol–water partition coefficient (Wildman–Crippen LogP) is 2.13. The minimum Gasteiger partial charge on any atom is -0.383 e. The number of benzene rings is 1. The van der Waals surface area contributed by atoms with Crippen molar-refractivity contribution in [2.45, 2.75) is 19.3 Å². The zero-order chi connectivity index (χ0) is 11.7. The van der Waals surface area contributed by atoms with Gasteiger partial charge in [-0.3, -0.25) is 0 Å². The fraction of sp³-hybridized carbons (Fsp3) is 0.500. The fourth-order valence-electron chi connectivity index (χ4n) is 2.51. The number of aryl methyl sites for hydroxylation is 2. The maximum Gasteiger partial charge on any atom is 0.121 e. The Morgan fingerprint density at radius 3 is 2.82 bits per heavy atom. The Balaban J connectivity index is 1.68. The first kappa shape index (κ1) is 10.6. The molecule has 3 heteroatoms. The van der Waals surface area contributed by atoms with Crippen LogP contribution >= 0.6 is 0 Å². The number of nitriles is 1. The molecule has 0 aromatic heterocycles. The molecule has 1 fully saturated rings. The molecule has 3 nitrogen and oxygen atoms in total. The lowest BCUT2D eigenvalue weighted by atomic mass is 9.88. The third-order valence-corrected chi connectivity index (χ3v) is 3.72. The number of hydrogen-bond acceptors (Lipinski definition) is 3. The molecular weight excluding hydrogens is 212 g/mol. The van der Waals surface area contributed by atoms with Gasteiger partial charge in [-0.05, 0) is 42.5 Å². The molecule has 88 valence electrons. The van der Waals surface area contributed by atoms with E-state index >= 15 is 0 Å². The van der Waals surface area contributed by atoms with Crippen LogP contribution in [0.4, 0.5) is 5.69 Å². The molecule has 0 bridgehead atoms. The van der Waals surface area contributed by atoms with E-state index in [-0.39, 0.29) is 5.41 Å². The third kappa shape index (κ3) is 1.89. The van der Waals surface area contributed by atoms with E-state index in [1.807, 2.05) is 0 Å². The monoisotopic (exact) mass is 228 g/mol. The van der Waals surface area contributed by atoms with Gasteiger partial charge >= 0.3 is 0 Å². The molecule has 0 amide bonds. The van der Waals surface area contributed by atoms with E-state index in [0.29, 0.717) is 19.8 Å². The van der Waals surface area contributed by atoms with Gasteiger partial charge < -0.3 is 10.1 Å². The van der Waals surface area contributed by atoms with Crippen molar-refractivity contribution >= 4 is 5.69 Å². The molecule has 0 atom stereocenters. The summed E-state index contributed by atoms with van der Waals surface area (Å²) in [5.74, 6) is 0. The fourth-order valence-corrected chi connectivity index (χ4v) is 2.51. The Morgan fingerprint density at radius 1 is 1.29 bits per heavy atom. The molecule has 0 saturated carbocycles. The number of nitrogens with zero attached hydrogens (tertiary/aromatic N) is 1. The van der Waals surface area contributed by atoms with Crippen LogP contribution in [-0.2, 0) is 17.6 Å². The first-order chi connectivity index (χ1) is 8.31. The number of nitrogens with one attached hydrogen (secondary N) is 1. The summed E-state index contributed by atoms with van der Waals surface area (Å²) in [5.41, 5.74) is 3.77. The van der Waals surface area contributed by atoms with E-state index in [2.05, 4.69) is 29.6 Å². The van der Waals surface area contributed by atoms with E-state index in [0.717, 1.165) is 5.69 Å². The minimum absolute atomic E-state index is 0.307. The van der Waals surface area contributed by atoms with E-state index in [1.54, 1.807) is 0 Å². The Hall–Kier alpha value is -1.53. The number of hydrogen-bond donors (Lipinski definition) is 1. The van der Waals surface area contributed by atoms with Crippen molar-refractivity contribution in [3.63, 3.8) is 0 Å². The Kier molecular flexibility index (Phi) is 2.53. The normalized spacial score (nSPS) is 20.2. The Bertz CT molecular complexity index is 472. The standard InChI is InChI=1S/C14H16N2O/c15-7-14(9-17-10-14)8-16-13-5-4-11-2-1-3-12(11)6-13/h4-6,16H,1-3,8-10H2. The quantitative estimate of drug-likeness (QED) is 0.862. The van der Waals surface area contributed by atoms with E-state index in [4.69, 9.17) is 10.00 Å². The molecule has 0 unspecified atom stereocenters. The van der Waals surface area contributed by atoms with Crippen molar-refractivity contribution in [2.24, 2.45) is 5.41 Å². The summed E-state index contributed by atoms with van der Waals surface area (Å²) in [6.07, 6.45) is 3.68.